The van der Waals surface area contributed by atoms with Crippen LogP contribution >= 0.6 is 22.6 Å². The Kier molecular flexibility index (Phi) is 3.50. The van der Waals surface area contributed by atoms with Gasteiger partial charge in [-0.05, 0) is 35.6 Å². The molecule has 5 nitrogen and oxygen atoms in total. The van der Waals surface area contributed by atoms with Gasteiger partial charge in [-0.3, -0.25) is 10.1 Å². The first-order valence-electron chi connectivity index (χ1n) is 3.92. The molecule has 1 aromatic carbocycles. The molecule has 1 rings (SSSR count). The van der Waals surface area contributed by atoms with E-state index in [0.29, 0.717) is 15.9 Å². The number of nitro benzene ring substituents is 1. The van der Waals surface area contributed by atoms with Crippen molar-refractivity contribution in [2.24, 2.45) is 0 Å². The molecule has 0 saturated heterocycles. The topological polar surface area (TPSA) is 78.4 Å². The van der Waals surface area contributed by atoms with Gasteiger partial charge in [-0.25, -0.2) is 0 Å². The standard InChI is InChI=1S/C8H9IN2O3/c1-2-14-5-3-6(9)8(10)7(4-5)11(12)13/h3-4H,2,10H2,1H3. The molecule has 0 radical (unpaired) electrons. The summed E-state index contributed by atoms with van der Waals surface area (Å²) in [7, 11) is 0. The summed E-state index contributed by atoms with van der Waals surface area (Å²) < 4.78 is 5.79. The molecule has 0 aliphatic rings. The molecule has 1 aromatic rings. The Morgan fingerprint density at radius 3 is 2.79 bits per heavy atom. The number of hydrogen-bond acceptors (Lipinski definition) is 4. The number of nitrogens with zero attached hydrogens (tertiary/aromatic N) is 1. The highest BCUT2D eigenvalue weighted by Crippen LogP contribution is 2.31. The quantitative estimate of drug-likeness (QED) is 0.402. The van der Waals surface area contributed by atoms with E-state index in [9.17, 15) is 10.1 Å². The number of benzene rings is 1. The molecule has 6 heteroatoms. The molecular weight excluding hydrogens is 299 g/mol. The van der Waals surface area contributed by atoms with E-state index in [2.05, 4.69) is 0 Å². The van der Waals surface area contributed by atoms with Gasteiger partial charge in [0.15, 0.2) is 0 Å². The highest BCUT2D eigenvalue weighted by Gasteiger charge is 2.16. The van der Waals surface area contributed by atoms with E-state index >= 15 is 0 Å². The lowest BCUT2D eigenvalue weighted by Crippen LogP contribution is -2.00. The summed E-state index contributed by atoms with van der Waals surface area (Å²) in [4.78, 5) is 10.1. The number of halogens is 1. The van der Waals surface area contributed by atoms with E-state index in [1.807, 2.05) is 29.5 Å². The molecule has 0 heterocycles. The minimum absolute atomic E-state index is 0.111. The van der Waals surface area contributed by atoms with Gasteiger partial charge in [-0.1, -0.05) is 0 Å². The molecule has 0 atom stereocenters. The summed E-state index contributed by atoms with van der Waals surface area (Å²) in [5.41, 5.74) is 5.61. The van der Waals surface area contributed by atoms with Crippen LogP contribution in [0, 0.1) is 13.7 Å². The predicted molar refractivity (Wildman–Crippen MR) is 61.4 cm³/mol. The first-order valence-corrected chi connectivity index (χ1v) is 5.00. The predicted octanol–water partition coefficient (Wildman–Crippen LogP) is 2.18. The molecule has 14 heavy (non-hydrogen) atoms. The monoisotopic (exact) mass is 308 g/mol. The number of hydrogen-bond donors (Lipinski definition) is 1. The molecule has 0 saturated carbocycles. The van der Waals surface area contributed by atoms with Crippen LogP contribution in [-0.2, 0) is 0 Å². The highest BCUT2D eigenvalue weighted by molar-refractivity contribution is 14.1. The molecule has 0 spiro atoms. The second-order valence-corrected chi connectivity index (χ2v) is 3.69. The fraction of sp³-hybridized carbons (Fsp3) is 0.250. The number of anilines is 1. The first kappa shape index (κ1) is 11.0. The minimum Gasteiger partial charge on any atom is -0.494 e. The summed E-state index contributed by atoms with van der Waals surface area (Å²) in [5, 5.41) is 10.6. The lowest BCUT2D eigenvalue weighted by atomic mass is 10.2. The Morgan fingerprint density at radius 2 is 2.29 bits per heavy atom. The Bertz CT molecular complexity index is 368. The maximum Gasteiger partial charge on any atom is 0.296 e. The Morgan fingerprint density at radius 1 is 1.64 bits per heavy atom. The van der Waals surface area contributed by atoms with E-state index in [1.165, 1.54) is 6.07 Å². The van der Waals surface area contributed by atoms with Crippen LogP contribution in [0.4, 0.5) is 11.4 Å². The van der Waals surface area contributed by atoms with Crippen LogP contribution in [0.15, 0.2) is 12.1 Å². The second kappa shape index (κ2) is 4.45. The molecule has 0 bridgehead atoms. The van der Waals surface area contributed by atoms with Gasteiger partial charge in [0, 0.05) is 3.57 Å². The van der Waals surface area contributed by atoms with Gasteiger partial charge in [-0.15, -0.1) is 0 Å². The number of nitrogens with two attached hydrogens (primary N) is 1. The Labute approximate surface area is 94.5 Å². The SMILES string of the molecule is CCOc1cc(I)c(N)c([N+](=O)[O-])c1. The van der Waals surface area contributed by atoms with Gasteiger partial charge in [0.25, 0.3) is 5.69 Å². The van der Waals surface area contributed by atoms with Crippen molar-refractivity contribution in [1.29, 1.82) is 0 Å². The normalized spacial score (nSPS) is 9.86. The van der Waals surface area contributed by atoms with Gasteiger partial charge in [0.1, 0.15) is 11.4 Å². The molecule has 0 aliphatic carbocycles. The lowest BCUT2D eigenvalue weighted by Gasteiger charge is -2.05. The second-order valence-electron chi connectivity index (χ2n) is 2.53. The molecule has 76 valence electrons. The Balaban J connectivity index is 3.21. The van der Waals surface area contributed by atoms with Crippen molar-refractivity contribution in [3.8, 4) is 5.75 Å². The minimum atomic E-state index is -0.514. The van der Waals surface area contributed by atoms with Crippen LogP contribution in [0.25, 0.3) is 0 Å². The fourth-order valence-corrected chi connectivity index (χ4v) is 1.56. The Hall–Kier alpha value is -1.05. The summed E-state index contributed by atoms with van der Waals surface area (Å²) in [6.07, 6.45) is 0. The molecule has 0 amide bonds. The third-order valence-corrected chi connectivity index (χ3v) is 2.48. The van der Waals surface area contributed by atoms with Crippen molar-refractivity contribution in [2.45, 2.75) is 6.92 Å². The number of rotatable bonds is 3. The van der Waals surface area contributed by atoms with Crippen molar-refractivity contribution in [3.63, 3.8) is 0 Å². The average Bonchev–Trinajstić information content (AvgIpc) is 2.11. The third kappa shape index (κ3) is 2.25. The average molecular weight is 308 g/mol. The van der Waals surface area contributed by atoms with Crippen LogP contribution in [-0.4, -0.2) is 11.5 Å². The van der Waals surface area contributed by atoms with Crippen LogP contribution in [0.5, 0.6) is 5.75 Å². The van der Waals surface area contributed by atoms with Gasteiger partial charge in [0.05, 0.1) is 17.6 Å². The first-order chi connectivity index (χ1) is 6.56. The zero-order valence-corrected chi connectivity index (χ0v) is 9.65. The largest absolute Gasteiger partial charge is 0.494 e. The van der Waals surface area contributed by atoms with Gasteiger partial charge < -0.3 is 10.5 Å². The van der Waals surface area contributed by atoms with E-state index in [0.717, 1.165) is 0 Å². The lowest BCUT2D eigenvalue weighted by molar-refractivity contribution is -0.384. The zero-order valence-electron chi connectivity index (χ0n) is 7.49. The highest BCUT2D eigenvalue weighted by atomic mass is 127. The number of nitro groups is 1. The molecular formula is C8H9IN2O3. The number of nitrogen functional groups attached to an aromatic ring is 1. The third-order valence-electron chi connectivity index (χ3n) is 1.59. The van der Waals surface area contributed by atoms with Crippen molar-refractivity contribution in [1.82, 2.24) is 0 Å². The molecule has 0 aromatic heterocycles. The molecule has 0 fully saturated rings. The van der Waals surface area contributed by atoms with Crippen LogP contribution in [0.1, 0.15) is 6.92 Å². The van der Waals surface area contributed by atoms with Crippen molar-refractivity contribution >= 4 is 34.0 Å². The summed E-state index contributed by atoms with van der Waals surface area (Å²) >= 11 is 1.94. The van der Waals surface area contributed by atoms with E-state index in [-0.39, 0.29) is 11.4 Å². The fourth-order valence-electron chi connectivity index (χ4n) is 0.980. The van der Waals surface area contributed by atoms with Crippen molar-refractivity contribution in [3.05, 3.63) is 25.8 Å². The zero-order chi connectivity index (χ0) is 10.7. The maximum atomic E-state index is 10.6. The van der Waals surface area contributed by atoms with Gasteiger partial charge in [-0.2, -0.15) is 0 Å². The van der Waals surface area contributed by atoms with Crippen LogP contribution in [0.3, 0.4) is 0 Å². The summed E-state index contributed by atoms with van der Waals surface area (Å²) in [6.45, 7) is 2.28. The summed E-state index contributed by atoms with van der Waals surface area (Å²) in [5.74, 6) is 0.470. The van der Waals surface area contributed by atoms with E-state index in [1.54, 1.807) is 6.07 Å². The molecule has 0 unspecified atom stereocenters. The van der Waals surface area contributed by atoms with Crippen LogP contribution < -0.4 is 10.5 Å². The summed E-state index contributed by atoms with van der Waals surface area (Å²) in [6, 6.07) is 3.01. The van der Waals surface area contributed by atoms with E-state index < -0.39 is 4.92 Å². The smallest absolute Gasteiger partial charge is 0.296 e. The number of ether oxygens (including phenoxy) is 1. The molecule has 2 N–H and O–H groups in total. The van der Waals surface area contributed by atoms with Gasteiger partial charge in [0.2, 0.25) is 0 Å². The van der Waals surface area contributed by atoms with E-state index in [4.69, 9.17) is 10.5 Å². The van der Waals surface area contributed by atoms with Crippen molar-refractivity contribution < 1.29 is 9.66 Å². The van der Waals surface area contributed by atoms with Crippen LogP contribution in [0.2, 0.25) is 0 Å². The van der Waals surface area contributed by atoms with Gasteiger partial charge >= 0.3 is 0 Å². The maximum absolute atomic E-state index is 10.6. The van der Waals surface area contributed by atoms with Crippen molar-refractivity contribution in [2.75, 3.05) is 12.3 Å². The molecule has 0 aliphatic heterocycles.